The predicted molar refractivity (Wildman–Crippen MR) is 173 cm³/mol. The number of amides is 3. The lowest BCUT2D eigenvalue weighted by Crippen LogP contribution is -2.47. The molecule has 244 valence electrons. The van der Waals surface area contributed by atoms with E-state index < -0.39 is 6.04 Å². The van der Waals surface area contributed by atoms with Crippen LogP contribution in [0.3, 0.4) is 0 Å². The van der Waals surface area contributed by atoms with Crippen LogP contribution in [0.1, 0.15) is 69.8 Å². The first kappa shape index (κ1) is 35.1. The number of ether oxygens (including phenoxy) is 3. The molecule has 10 nitrogen and oxygen atoms in total. The Kier molecular flexibility index (Phi) is 13.8. The first-order chi connectivity index (χ1) is 21.0. The molecule has 0 saturated carbocycles. The SMILES string of the molecule is COc1ccc(CN(C)C[C@@H]2OCCCC[C@H](C)Oc3ccc(NC(=O)NC(C)C)cc3C(=O)N([C@@H](C)CO)C[C@H]2C)cc1. The zero-order valence-corrected chi connectivity index (χ0v) is 27.5. The Morgan fingerprint density at radius 2 is 1.86 bits per heavy atom. The number of carbonyl (C=O) groups excluding carboxylic acids is 2. The Hall–Kier alpha value is -3.34. The Morgan fingerprint density at radius 1 is 1.14 bits per heavy atom. The molecule has 1 aliphatic rings. The van der Waals surface area contributed by atoms with E-state index in [9.17, 15) is 14.7 Å². The highest BCUT2D eigenvalue weighted by Crippen LogP contribution is 2.28. The molecular formula is C34H52N4O6. The van der Waals surface area contributed by atoms with Gasteiger partial charge in [0.05, 0.1) is 37.5 Å². The van der Waals surface area contributed by atoms with E-state index in [1.807, 2.05) is 39.8 Å². The minimum Gasteiger partial charge on any atom is -0.497 e. The van der Waals surface area contributed by atoms with Crippen molar-refractivity contribution in [3.05, 3.63) is 53.6 Å². The third kappa shape index (κ3) is 10.7. The molecule has 0 bridgehead atoms. The van der Waals surface area contributed by atoms with Crippen LogP contribution < -0.4 is 20.1 Å². The topological polar surface area (TPSA) is 113 Å². The maximum Gasteiger partial charge on any atom is 0.319 e. The van der Waals surface area contributed by atoms with Gasteiger partial charge < -0.3 is 34.9 Å². The number of urea groups is 1. The molecule has 2 aromatic rings. The summed E-state index contributed by atoms with van der Waals surface area (Å²) >= 11 is 0. The van der Waals surface area contributed by atoms with Gasteiger partial charge >= 0.3 is 6.03 Å². The van der Waals surface area contributed by atoms with Gasteiger partial charge in [-0.2, -0.15) is 0 Å². The van der Waals surface area contributed by atoms with Crippen molar-refractivity contribution >= 4 is 17.6 Å². The number of nitrogens with zero attached hydrogens (tertiary/aromatic N) is 2. The third-order valence-corrected chi connectivity index (χ3v) is 7.83. The van der Waals surface area contributed by atoms with E-state index in [0.29, 0.717) is 36.7 Å². The van der Waals surface area contributed by atoms with E-state index in [4.69, 9.17) is 14.2 Å². The standard InChI is InChI=1S/C34H52N4O6/c1-23(2)35-34(41)36-28-13-16-31-30(18-28)33(40)38(25(4)22-39)19-24(3)32(43-17-9-8-10-26(5)44-31)21-37(6)20-27-11-14-29(42-7)15-12-27/h11-16,18,23-26,32,39H,8-10,17,19-22H2,1-7H3,(H2,35,36,41)/t24-,25+,26+,32+/m1/s1. The van der Waals surface area contributed by atoms with Gasteiger partial charge in [-0.1, -0.05) is 19.1 Å². The average Bonchev–Trinajstić information content (AvgIpc) is 2.98. The minimum absolute atomic E-state index is 0.0318. The van der Waals surface area contributed by atoms with Crippen LogP contribution >= 0.6 is 0 Å². The Labute approximate surface area is 263 Å². The van der Waals surface area contributed by atoms with E-state index in [2.05, 4.69) is 41.6 Å². The fraction of sp³-hybridized carbons (Fsp3) is 0.588. The Morgan fingerprint density at radius 3 is 2.52 bits per heavy atom. The number of likely N-dealkylation sites (N-methyl/N-ethyl adjacent to an activating group) is 1. The number of carbonyl (C=O) groups is 2. The molecule has 3 N–H and O–H groups in total. The fourth-order valence-corrected chi connectivity index (χ4v) is 5.31. The molecule has 0 fully saturated rings. The second-order valence-corrected chi connectivity index (χ2v) is 12.3. The quantitative estimate of drug-likeness (QED) is 0.359. The van der Waals surface area contributed by atoms with Crippen LogP contribution in [0, 0.1) is 5.92 Å². The first-order valence-corrected chi connectivity index (χ1v) is 15.7. The smallest absolute Gasteiger partial charge is 0.319 e. The van der Waals surface area contributed by atoms with Crippen molar-refractivity contribution in [3.8, 4) is 11.5 Å². The first-order valence-electron chi connectivity index (χ1n) is 15.7. The number of fused-ring (bicyclic) bond motifs is 1. The zero-order valence-electron chi connectivity index (χ0n) is 27.5. The molecule has 1 heterocycles. The molecule has 1 aliphatic heterocycles. The van der Waals surface area contributed by atoms with Crippen LogP contribution in [-0.2, 0) is 11.3 Å². The molecule has 3 amide bonds. The molecule has 0 spiro atoms. The maximum atomic E-state index is 14.2. The van der Waals surface area contributed by atoms with Crippen molar-refractivity contribution in [2.75, 3.05) is 45.8 Å². The number of methoxy groups -OCH3 is 1. The second-order valence-electron chi connectivity index (χ2n) is 12.3. The summed E-state index contributed by atoms with van der Waals surface area (Å²) in [7, 11) is 3.73. The van der Waals surface area contributed by atoms with Gasteiger partial charge in [-0.3, -0.25) is 9.69 Å². The van der Waals surface area contributed by atoms with E-state index in [0.717, 1.165) is 31.6 Å². The normalized spacial score (nSPS) is 20.8. The maximum absolute atomic E-state index is 14.2. The van der Waals surface area contributed by atoms with Gasteiger partial charge in [-0.15, -0.1) is 0 Å². The number of aliphatic hydroxyl groups excluding tert-OH is 1. The molecule has 0 unspecified atom stereocenters. The predicted octanol–water partition coefficient (Wildman–Crippen LogP) is 5.15. The Bertz CT molecular complexity index is 1190. The summed E-state index contributed by atoms with van der Waals surface area (Å²) in [6, 6.07) is 12.4. The van der Waals surface area contributed by atoms with Gasteiger partial charge in [0.15, 0.2) is 0 Å². The number of aliphatic hydroxyl groups is 1. The van der Waals surface area contributed by atoms with Crippen LogP contribution in [0.5, 0.6) is 11.5 Å². The number of hydrogen-bond acceptors (Lipinski definition) is 7. The van der Waals surface area contributed by atoms with Crippen molar-refractivity contribution in [3.63, 3.8) is 0 Å². The number of benzene rings is 2. The molecule has 0 saturated heterocycles. The number of hydrogen-bond donors (Lipinski definition) is 3. The molecule has 4 atom stereocenters. The summed E-state index contributed by atoms with van der Waals surface area (Å²) in [5.41, 5.74) is 2.00. The molecule has 3 rings (SSSR count). The Balaban J connectivity index is 1.88. The van der Waals surface area contributed by atoms with E-state index in [1.165, 1.54) is 5.56 Å². The van der Waals surface area contributed by atoms with Gasteiger partial charge in [0, 0.05) is 43.9 Å². The lowest BCUT2D eigenvalue weighted by Gasteiger charge is -2.36. The lowest BCUT2D eigenvalue weighted by atomic mass is 10.0. The highest BCUT2D eigenvalue weighted by atomic mass is 16.5. The van der Waals surface area contributed by atoms with E-state index in [-0.39, 0.29) is 42.7 Å². The van der Waals surface area contributed by atoms with Crippen LogP contribution in [-0.4, -0.2) is 91.6 Å². The fourth-order valence-electron chi connectivity index (χ4n) is 5.31. The molecule has 10 heteroatoms. The van der Waals surface area contributed by atoms with Crippen molar-refractivity contribution < 1.29 is 28.9 Å². The van der Waals surface area contributed by atoms with E-state index in [1.54, 1.807) is 30.2 Å². The van der Waals surface area contributed by atoms with Crippen LogP contribution in [0.2, 0.25) is 0 Å². The minimum atomic E-state index is -0.443. The average molecular weight is 613 g/mol. The highest BCUT2D eigenvalue weighted by Gasteiger charge is 2.30. The summed E-state index contributed by atoms with van der Waals surface area (Å²) in [4.78, 5) is 30.6. The summed E-state index contributed by atoms with van der Waals surface area (Å²) < 4.78 is 18.1. The highest BCUT2D eigenvalue weighted by molar-refractivity contribution is 5.99. The van der Waals surface area contributed by atoms with Gasteiger partial charge in [-0.25, -0.2) is 4.79 Å². The molecule has 0 radical (unpaired) electrons. The number of nitrogens with one attached hydrogen (secondary N) is 2. The molecule has 0 aliphatic carbocycles. The molecule has 44 heavy (non-hydrogen) atoms. The van der Waals surface area contributed by atoms with Crippen molar-refractivity contribution in [1.82, 2.24) is 15.1 Å². The van der Waals surface area contributed by atoms with Gasteiger partial charge in [0.1, 0.15) is 11.5 Å². The third-order valence-electron chi connectivity index (χ3n) is 7.83. The molecule has 0 aromatic heterocycles. The molecular weight excluding hydrogens is 560 g/mol. The van der Waals surface area contributed by atoms with Crippen LogP contribution in [0.4, 0.5) is 10.5 Å². The summed E-state index contributed by atoms with van der Waals surface area (Å²) in [5.74, 6) is 0.987. The van der Waals surface area contributed by atoms with E-state index >= 15 is 0 Å². The number of rotatable bonds is 9. The van der Waals surface area contributed by atoms with Crippen LogP contribution in [0.25, 0.3) is 0 Å². The van der Waals surface area contributed by atoms with Gasteiger partial charge in [0.2, 0.25) is 0 Å². The summed E-state index contributed by atoms with van der Waals surface area (Å²) in [6.45, 7) is 11.9. The molecule has 2 aromatic carbocycles. The van der Waals surface area contributed by atoms with Gasteiger partial charge in [0.25, 0.3) is 5.91 Å². The lowest BCUT2D eigenvalue weighted by molar-refractivity contribution is -0.0177. The largest absolute Gasteiger partial charge is 0.497 e. The van der Waals surface area contributed by atoms with Crippen molar-refractivity contribution in [1.29, 1.82) is 0 Å². The second kappa shape index (κ2) is 17.2. The zero-order chi connectivity index (χ0) is 32.2. The monoisotopic (exact) mass is 612 g/mol. The summed E-state index contributed by atoms with van der Waals surface area (Å²) in [6.07, 6.45) is 2.37. The summed E-state index contributed by atoms with van der Waals surface area (Å²) in [5, 5.41) is 15.8. The van der Waals surface area contributed by atoms with Gasteiger partial charge in [-0.05, 0) is 89.9 Å². The number of anilines is 1. The van der Waals surface area contributed by atoms with Crippen LogP contribution in [0.15, 0.2) is 42.5 Å². The van der Waals surface area contributed by atoms with Crippen molar-refractivity contribution in [2.45, 2.75) is 84.7 Å². The van der Waals surface area contributed by atoms with Crippen molar-refractivity contribution in [2.24, 2.45) is 5.92 Å².